The summed E-state index contributed by atoms with van der Waals surface area (Å²) in [6.07, 6.45) is 2.15. The zero-order chi connectivity index (χ0) is 19.4. The van der Waals surface area contributed by atoms with Gasteiger partial charge in [-0.05, 0) is 25.0 Å². The SMILES string of the molecule is CC(C)(C)c1nnc(NC(=O)c2ccccc2SCC(=O)N2CCCC2)s1. The number of nitrogens with zero attached hydrogens (tertiary/aromatic N) is 3. The molecule has 0 unspecified atom stereocenters. The average Bonchev–Trinajstić information content (AvgIpc) is 3.31. The van der Waals surface area contributed by atoms with E-state index in [-0.39, 0.29) is 17.2 Å². The fraction of sp³-hybridized carbons (Fsp3) is 0.474. The van der Waals surface area contributed by atoms with Crippen molar-refractivity contribution in [2.75, 3.05) is 24.2 Å². The lowest BCUT2D eigenvalue weighted by Crippen LogP contribution is -2.29. The van der Waals surface area contributed by atoms with Gasteiger partial charge in [-0.15, -0.1) is 22.0 Å². The standard InChI is InChI=1S/C19H24N4O2S2/c1-19(2,3)17-21-22-18(27-17)20-16(25)13-8-4-5-9-14(13)26-12-15(24)23-10-6-7-11-23/h4-5,8-9H,6-7,10-12H2,1-3H3,(H,20,22,25). The van der Waals surface area contributed by atoms with Crippen molar-refractivity contribution in [3.8, 4) is 0 Å². The Labute approximate surface area is 167 Å². The number of amides is 2. The van der Waals surface area contributed by atoms with E-state index in [4.69, 9.17) is 0 Å². The van der Waals surface area contributed by atoms with Gasteiger partial charge in [0.05, 0.1) is 11.3 Å². The minimum atomic E-state index is -0.233. The van der Waals surface area contributed by atoms with Crippen LogP contribution in [-0.4, -0.2) is 45.8 Å². The number of aromatic nitrogens is 2. The van der Waals surface area contributed by atoms with Gasteiger partial charge in [0.1, 0.15) is 5.01 Å². The van der Waals surface area contributed by atoms with E-state index >= 15 is 0 Å². The average molecular weight is 405 g/mol. The molecular formula is C19H24N4O2S2. The van der Waals surface area contributed by atoms with Crippen LogP contribution in [-0.2, 0) is 10.2 Å². The van der Waals surface area contributed by atoms with E-state index in [9.17, 15) is 9.59 Å². The Morgan fingerprint density at radius 2 is 1.89 bits per heavy atom. The van der Waals surface area contributed by atoms with Gasteiger partial charge in [0.25, 0.3) is 5.91 Å². The highest BCUT2D eigenvalue weighted by atomic mass is 32.2. The number of carbonyl (C=O) groups is 2. The lowest BCUT2D eigenvalue weighted by Gasteiger charge is -2.15. The molecule has 1 aliphatic heterocycles. The van der Waals surface area contributed by atoms with Crippen molar-refractivity contribution in [3.63, 3.8) is 0 Å². The molecule has 1 fully saturated rings. The smallest absolute Gasteiger partial charge is 0.258 e. The molecule has 6 nitrogen and oxygen atoms in total. The van der Waals surface area contributed by atoms with Crippen molar-refractivity contribution < 1.29 is 9.59 Å². The van der Waals surface area contributed by atoms with Crippen LogP contribution in [0.2, 0.25) is 0 Å². The quantitative estimate of drug-likeness (QED) is 0.767. The van der Waals surface area contributed by atoms with Gasteiger partial charge in [-0.25, -0.2) is 0 Å². The number of rotatable bonds is 5. The first kappa shape index (κ1) is 19.8. The molecule has 2 amide bonds. The fourth-order valence-electron chi connectivity index (χ4n) is 2.72. The monoisotopic (exact) mass is 404 g/mol. The Morgan fingerprint density at radius 1 is 1.19 bits per heavy atom. The van der Waals surface area contributed by atoms with Gasteiger partial charge < -0.3 is 4.90 Å². The van der Waals surface area contributed by atoms with Crippen LogP contribution in [0.25, 0.3) is 0 Å². The van der Waals surface area contributed by atoms with Crippen LogP contribution in [0.4, 0.5) is 5.13 Å². The number of carbonyl (C=O) groups excluding carboxylic acids is 2. The second kappa shape index (κ2) is 8.39. The van der Waals surface area contributed by atoms with Crippen molar-refractivity contribution >= 4 is 40.0 Å². The summed E-state index contributed by atoms with van der Waals surface area (Å²) in [4.78, 5) is 27.7. The Hall–Kier alpha value is -1.93. The number of nitrogens with one attached hydrogen (secondary N) is 1. The summed E-state index contributed by atoms with van der Waals surface area (Å²) in [5.41, 5.74) is 0.439. The summed E-state index contributed by atoms with van der Waals surface area (Å²) in [5.74, 6) is 0.243. The minimum Gasteiger partial charge on any atom is -0.342 e. The second-order valence-corrected chi connectivity index (χ2v) is 9.48. The molecular weight excluding hydrogens is 380 g/mol. The van der Waals surface area contributed by atoms with Crippen LogP contribution in [0.3, 0.4) is 0 Å². The van der Waals surface area contributed by atoms with E-state index in [1.54, 1.807) is 6.07 Å². The highest BCUT2D eigenvalue weighted by Gasteiger charge is 2.22. The predicted octanol–water partition coefficient (Wildman–Crippen LogP) is 3.80. The normalized spacial score (nSPS) is 14.4. The first-order chi connectivity index (χ1) is 12.8. The van der Waals surface area contributed by atoms with Crippen LogP contribution < -0.4 is 5.32 Å². The summed E-state index contributed by atoms with van der Waals surface area (Å²) in [6, 6.07) is 7.34. The molecule has 1 aromatic heterocycles. The number of thioether (sulfide) groups is 1. The molecule has 0 atom stereocenters. The first-order valence-electron chi connectivity index (χ1n) is 8.99. The summed E-state index contributed by atoms with van der Waals surface area (Å²) in [6.45, 7) is 7.86. The number of hydrogen-bond donors (Lipinski definition) is 1. The van der Waals surface area contributed by atoms with Gasteiger partial charge >= 0.3 is 0 Å². The van der Waals surface area contributed by atoms with E-state index in [2.05, 4.69) is 36.3 Å². The van der Waals surface area contributed by atoms with Gasteiger partial charge in [0.15, 0.2) is 0 Å². The zero-order valence-electron chi connectivity index (χ0n) is 15.8. The number of likely N-dealkylation sites (tertiary alicyclic amines) is 1. The third-order valence-electron chi connectivity index (χ3n) is 4.23. The Bertz CT molecular complexity index is 823. The van der Waals surface area contributed by atoms with Crippen molar-refractivity contribution in [2.45, 2.75) is 43.9 Å². The van der Waals surface area contributed by atoms with Crippen molar-refractivity contribution in [1.82, 2.24) is 15.1 Å². The summed E-state index contributed by atoms with van der Waals surface area (Å²) >= 11 is 2.79. The highest BCUT2D eigenvalue weighted by molar-refractivity contribution is 8.00. The highest BCUT2D eigenvalue weighted by Crippen LogP contribution is 2.29. The van der Waals surface area contributed by atoms with Crippen molar-refractivity contribution in [2.24, 2.45) is 0 Å². The lowest BCUT2D eigenvalue weighted by atomic mass is 9.98. The molecule has 0 spiro atoms. The van der Waals surface area contributed by atoms with Gasteiger partial charge in [-0.1, -0.05) is 44.2 Å². The number of anilines is 1. The molecule has 1 saturated heterocycles. The summed E-state index contributed by atoms with van der Waals surface area (Å²) in [5, 5.41) is 12.4. The second-order valence-electron chi connectivity index (χ2n) is 7.49. The van der Waals surface area contributed by atoms with E-state index in [0.29, 0.717) is 16.4 Å². The van der Waals surface area contributed by atoms with Crippen LogP contribution in [0.5, 0.6) is 0 Å². The first-order valence-corrected chi connectivity index (χ1v) is 10.8. The molecule has 0 saturated carbocycles. The maximum absolute atomic E-state index is 12.7. The molecule has 0 bridgehead atoms. The maximum Gasteiger partial charge on any atom is 0.258 e. The molecule has 1 aromatic carbocycles. The van der Waals surface area contributed by atoms with Gasteiger partial charge in [-0.3, -0.25) is 14.9 Å². The van der Waals surface area contributed by atoms with Gasteiger partial charge in [-0.2, -0.15) is 0 Å². The predicted molar refractivity (Wildman–Crippen MR) is 110 cm³/mol. The molecule has 1 aliphatic rings. The number of benzene rings is 1. The Kier molecular flexibility index (Phi) is 6.16. The minimum absolute atomic E-state index is 0.107. The van der Waals surface area contributed by atoms with Gasteiger partial charge in [0.2, 0.25) is 11.0 Å². The molecule has 0 radical (unpaired) electrons. The third-order valence-corrected chi connectivity index (χ3v) is 6.55. The van der Waals surface area contributed by atoms with Crippen LogP contribution in [0, 0.1) is 0 Å². The zero-order valence-corrected chi connectivity index (χ0v) is 17.5. The number of hydrogen-bond acceptors (Lipinski definition) is 6. The van der Waals surface area contributed by atoms with Crippen LogP contribution >= 0.6 is 23.1 Å². The van der Waals surface area contributed by atoms with E-state index < -0.39 is 0 Å². The van der Waals surface area contributed by atoms with Gasteiger partial charge in [0, 0.05) is 23.4 Å². The topological polar surface area (TPSA) is 75.2 Å². The molecule has 2 heterocycles. The third kappa shape index (κ3) is 5.07. The summed E-state index contributed by atoms with van der Waals surface area (Å²) < 4.78 is 0. The molecule has 0 aliphatic carbocycles. The maximum atomic E-state index is 12.7. The lowest BCUT2D eigenvalue weighted by molar-refractivity contribution is -0.127. The largest absolute Gasteiger partial charge is 0.342 e. The van der Waals surface area contributed by atoms with E-state index in [0.717, 1.165) is 35.8 Å². The molecule has 2 aromatic rings. The van der Waals surface area contributed by atoms with Crippen LogP contribution in [0.1, 0.15) is 49.0 Å². The fourth-order valence-corrected chi connectivity index (χ4v) is 4.47. The molecule has 1 N–H and O–H groups in total. The molecule has 3 rings (SSSR count). The molecule has 8 heteroatoms. The Morgan fingerprint density at radius 3 is 2.56 bits per heavy atom. The van der Waals surface area contributed by atoms with Crippen molar-refractivity contribution in [1.29, 1.82) is 0 Å². The molecule has 144 valence electrons. The molecule has 27 heavy (non-hydrogen) atoms. The van der Waals surface area contributed by atoms with Crippen molar-refractivity contribution in [3.05, 3.63) is 34.8 Å². The summed E-state index contributed by atoms with van der Waals surface area (Å²) in [7, 11) is 0. The van der Waals surface area contributed by atoms with E-state index in [1.165, 1.54) is 23.1 Å². The Balaban J connectivity index is 1.66. The van der Waals surface area contributed by atoms with Crippen LogP contribution in [0.15, 0.2) is 29.2 Å². The van der Waals surface area contributed by atoms with E-state index in [1.807, 2.05) is 23.1 Å².